The van der Waals surface area contributed by atoms with Gasteiger partial charge in [-0.25, -0.2) is 0 Å². The van der Waals surface area contributed by atoms with Crippen LogP contribution in [0.3, 0.4) is 0 Å². The average molecular weight is 200 g/mol. The number of hydrogen-bond acceptors (Lipinski definition) is 2. The fraction of sp³-hybridized carbons (Fsp3) is 0.462. The van der Waals surface area contributed by atoms with Crippen molar-refractivity contribution in [1.29, 1.82) is 5.26 Å². The van der Waals surface area contributed by atoms with Crippen LogP contribution in [0.25, 0.3) is 0 Å². The van der Waals surface area contributed by atoms with Crippen LogP contribution in [0.2, 0.25) is 0 Å². The summed E-state index contributed by atoms with van der Waals surface area (Å²) in [5.74, 6) is 0. The van der Waals surface area contributed by atoms with Gasteiger partial charge in [0, 0.05) is 18.3 Å². The molecule has 2 heteroatoms. The van der Waals surface area contributed by atoms with Gasteiger partial charge in [0.1, 0.15) is 0 Å². The number of nitriles is 1. The molecule has 1 saturated heterocycles. The van der Waals surface area contributed by atoms with E-state index in [1.165, 1.54) is 24.9 Å². The van der Waals surface area contributed by atoms with E-state index in [1.54, 1.807) is 0 Å². The first-order chi connectivity index (χ1) is 7.31. The first-order valence-corrected chi connectivity index (χ1v) is 5.58. The highest BCUT2D eigenvalue weighted by atomic mass is 15.2. The molecule has 1 heterocycles. The van der Waals surface area contributed by atoms with Gasteiger partial charge in [-0.15, -0.1) is 0 Å². The van der Waals surface area contributed by atoms with E-state index in [0.717, 1.165) is 12.1 Å². The molecule has 0 N–H and O–H groups in total. The number of piperidine rings is 1. The lowest BCUT2D eigenvalue weighted by molar-refractivity contribution is 0.485. The number of rotatable bonds is 1. The molecule has 78 valence electrons. The van der Waals surface area contributed by atoms with Crippen molar-refractivity contribution in [3.63, 3.8) is 0 Å². The summed E-state index contributed by atoms with van der Waals surface area (Å²) >= 11 is 0. The Hall–Kier alpha value is -1.49. The summed E-state index contributed by atoms with van der Waals surface area (Å²) in [5.41, 5.74) is 1.99. The van der Waals surface area contributed by atoms with Crippen LogP contribution in [0, 0.1) is 11.3 Å². The number of hydrogen-bond donors (Lipinski definition) is 0. The molecule has 0 spiro atoms. The zero-order valence-electron chi connectivity index (χ0n) is 9.11. The summed E-state index contributed by atoms with van der Waals surface area (Å²) in [5, 5.41) is 8.73. The van der Waals surface area contributed by atoms with E-state index in [1.807, 2.05) is 12.1 Å². The fourth-order valence-electron chi connectivity index (χ4n) is 2.21. The van der Waals surface area contributed by atoms with E-state index in [-0.39, 0.29) is 0 Å². The minimum absolute atomic E-state index is 0.631. The monoisotopic (exact) mass is 200 g/mol. The Labute approximate surface area is 91.1 Å². The highest BCUT2D eigenvalue weighted by Gasteiger charge is 2.17. The van der Waals surface area contributed by atoms with Crippen molar-refractivity contribution in [1.82, 2.24) is 0 Å². The van der Waals surface area contributed by atoms with Crippen LogP contribution in [0.5, 0.6) is 0 Å². The highest BCUT2D eigenvalue weighted by molar-refractivity contribution is 5.50. The molecule has 1 aliphatic rings. The van der Waals surface area contributed by atoms with Gasteiger partial charge >= 0.3 is 0 Å². The van der Waals surface area contributed by atoms with Crippen LogP contribution >= 0.6 is 0 Å². The third-order valence-corrected chi connectivity index (χ3v) is 3.13. The maximum absolute atomic E-state index is 8.73. The zero-order valence-corrected chi connectivity index (χ0v) is 9.11. The second kappa shape index (κ2) is 4.35. The Morgan fingerprint density at radius 3 is 2.60 bits per heavy atom. The molecule has 2 rings (SSSR count). The SMILES string of the molecule is CC1CCCCN1c1ccc(C#N)cc1. The van der Waals surface area contributed by atoms with E-state index < -0.39 is 0 Å². The normalized spacial score (nSPS) is 21.1. The summed E-state index contributed by atoms with van der Waals surface area (Å²) in [4.78, 5) is 2.44. The van der Waals surface area contributed by atoms with Crippen molar-refractivity contribution in [2.45, 2.75) is 32.2 Å². The lowest BCUT2D eigenvalue weighted by Crippen LogP contribution is -2.37. The van der Waals surface area contributed by atoms with Crippen LogP contribution in [0.15, 0.2) is 24.3 Å². The average Bonchev–Trinajstić information content (AvgIpc) is 2.30. The van der Waals surface area contributed by atoms with Crippen molar-refractivity contribution >= 4 is 5.69 Å². The Morgan fingerprint density at radius 2 is 2.00 bits per heavy atom. The molecular weight excluding hydrogens is 184 g/mol. The Morgan fingerprint density at radius 1 is 1.27 bits per heavy atom. The largest absolute Gasteiger partial charge is 0.369 e. The van der Waals surface area contributed by atoms with Gasteiger partial charge in [0.05, 0.1) is 11.6 Å². The second-order valence-corrected chi connectivity index (χ2v) is 4.20. The third-order valence-electron chi connectivity index (χ3n) is 3.13. The lowest BCUT2D eigenvalue weighted by atomic mass is 10.0. The smallest absolute Gasteiger partial charge is 0.0991 e. The number of anilines is 1. The minimum Gasteiger partial charge on any atom is -0.369 e. The molecule has 0 bridgehead atoms. The summed E-state index contributed by atoms with van der Waals surface area (Å²) in [6, 6.07) is 10.7. The summed E-state index contributed by atoms with van der Waals surface area (Å²) in [7, 11) is 0. The Balaban J connectivity index is 2.18. The quantitative estimate of drug-likeness (QED) is 0.697. The molecule has 0 aromatic heterocycles. The van der Waals surface area contributed by atoms with Gasteiger partial charge in [-0.05, 0) is 50.5 Å². The highest BCUT2D eigenvalue weighted by Crippen LogP contribution is 2.24. The molecule has 15 heavy (non-hydrogen) atoms. The molecular formula is C13H16N2. The lowest BCUT2D eigenvalue weighted by Gasteiger charge is -2.35. The summed E-state index contributed by atoms with van der Waals surface area (Å²) < 4.78 is 0. The van der Waals surface area contributed by atoms with Crippen LogP contribution in [0.1, 0.15) is 31.7 Å². The Bertz CT molecular complexity index is 361. The van der Waals surface area contributed by atoms with E-state index in [2.05, 4.69) is 30.0 Å². The molecule has 0 saturated carbocycles. The van der Waals surface area contributed by atoms with E-state index in [0.29, 0.717) is 6.04 Å². The van der Waals surface area contributed by atoms with Gasteiger partial charge in [-0.2, -0.15) is 5.26 Å². The van der Waals surface area contributed by atoms with Gasteiger partial charge < -0.3 is 4.90 Å². The first-order valence-electron chi connectivity index (χ1n) is 5.58. The van der Waals surface area contributed by atoms with E-state index in [9.17, 15) is 0 Å². The van der Waals surface area contributed by atoms with Crippen molar-refractivity contribution in [3.8, 4) is 6.07 Å². The molecule has 1 atom stereocenters. The molecule has 0 radical (unpaired) electrons. The molecule has 2 nitrogen and oxygen atoms in total. The first kappa shape index (κ1) is 10.0. The maximum Gasteiger partial charge on any atom is 0.0991 e. The van der Waals surface area contributed by atoms with Crippen molar-refractivity contribution in [2.75, 3.05) is 11.4 Å². The van der Waals surface area contributed by atoms with E-state index >= 15 is 0 Å². The standard InChI is InChI=1S/C13H16N2/c1-11-4-2-3-9-15(11)13-7-5-12(10-14)6-8-13/h5-8,11H,2-4,9H2,1H3. The Kier molecular flexibility index (Phi) is 2.91. The van der Waals surface area contributed by atoms with Crippen molar-refractivity contribution in [3.05, 3.63) is 29.8 Å². The fourth-order valence-corrected chi connectivity index (χ4v) is 2.21. The van der Waals surface area contributed by atoms with Crippen molar-refractivity contribution in [2.24, 2.45) is 0 Å². The molecule has 1 aliphatic heterocycles. The van der Waals surface area contributed by atoms with Crippen LogP contribution in [-0.4, -0.2) is 12.6 Å². The number of nitrogens with zero attached hydrogens (tertiary/aromatic N) is 2. The van der Waals surface area contributed by atoms with Crippen LogP contribution in [-0.2, 0) is 0 Å². The van der Waals surface area contributed by atoms with Gasteiger partial charge in [0.2, 0.25) is 0 Å². The van der Waals surface area contributed by atoms with Crippen LogP contribution in [0.4, 0.5) is 5.69 Å². The predicted molar refractivity (Wildman–Crippen MR) is 61.8 cm³/mol. The van der Waals surface area contributed by atoms with Gasteiger partial charge in [-0.1, -0.05) is 0 Å². The summed E-state index contributed by atoms with van der Waals surface area (Å²) in [6.45, 7) is 3.42. The molecule has 1 unspecified atom stereocenters. The van der Waals surface area contributed by atoms with Gasteiger partial charge in [0.15, 0.2) is 0 Å². The minimum atomic E-state index is 0.631. The topological polar surface area (TPSA) is 27.0 Å². The van der Waals surface area contributed by atoms with Crippen molar-refractivity contribution < 1.29 is 0 Å². The predicted octanol–water partition coefficient (Wildman–Crippen LogP) is 2.94. The molecule has 1 aromatic carbocycles. The molecule has 1 aromatic rings. The molecule has 1 fully saturated rings. The maximum atomic E-state index is 8.73. The third kappa shape index (κ3) is 2.12. The summed E-state index contributed by atoms with van der Waals surface area (Å²) in [6.07, 6.45) is 3.90. The van der Waals surface area contributed by atoms with Crippen LogP contribution < -0.4 is 4.90 Å². The van der Waals surface area contributed by atoms with Gasteiger partial charge in [-0.3, -0.25) is 0 Å². The molecule has 0 aliphatic carbocycles. The van der Waals surface area contributed by atoms with Gasteiger partial charge in [0.25, 0.3) is 0 Å². The van der Waals surface area contributed by atoms with E-state index in [4.69, 9.17) is 5.26 Å². The number of benzene rings is 1. The second-order valence-electron chi connectivity index (χ2n) is 4.20. The molecule has 0 amide bonds. The zero-order chi connectivity index (χ0) is 10.7.